The zero-order valence-electron chi connectivity index (χ0n) is 12.1. The normalized spacial score (nSPS) is 10.5. The quantitative estimate of drug-likeness (QED) is 0.728. The first-order valence-electron chi connectivity index (χ1n) is 6.65. The van der Waals surface area contributed by atoms with Crippen LogP contribution in [0.1, 0.15) is 17.1 Å². The number of rotatable bonds is 2. The molecule has 0 N–H and O–H groups in total. The highest BCUT2D eigenvalue weighted by Crippen LogP contribution is 2.23. The monoisotopic (exact) mass is 293 g/mol. The van der Waals surface area contributed by atoms with Gasteiger partial charge < -0.3 is 0 Å². The molecule has 0 amide bonds. The molecule has 0 atom stereocenters. The molecule has 0 saturated carbocycles. The van der Waals surface area contributed by atoms with E-state index in [1.807, 2.05) is 6.92 Å². The summed E-state index contributed by atoms with van der Waals surface area (Å²) in [6, 6.07) is 9.77. The van der Waals surface area contributed by atoms with Crippen LogP contribution in [-0.2, 0) is 0 Å². The van der Waals surface area contributed by atoms with E-state index in [9.17, 15) is 9.65 Å². The van der Waals surface area contributed by atoms with E-state index in [-0.39, 0.29) is 5.82 Å². The minimum absolute atomic E-state index is 0.330. The van der Waals surface area contributed by atoms with Gasteiger partial charge in [0.15, 0.2) is 5.82 Å². The molecule has 6 heteroatoms. The molecule has 0 bridgehead atoms. The predicted octanol–water partition coefficient (Wildman–Crippen LogP) is 2.96. The zero-order chi connectivity index (χ0) is 15.7. The second kappa shape index (κ2) is 5.37. The smallest absolute Gasteiger partial charge is 0.157 e. The number of halogens is 1. The number of aryl methyl sites for hydroxylation is 2. The fraction of sp³-hybridized carbons (Fsp3) is 0.125. The molecule has 2 aromatic heterocycles. The van der Waals surface area contributed by atoms with Gasteiger partial charge in [0.1, 0.15) is 23.4 Å². The predicted molar refractivity (Wildman–Crippen MR) is 78.7 cm³/mol. The van der Waals surface area contributed by atoms with Crippen molar-refractivity contribution in [2.24, 2.45) is 0 Å². The first kappa shape index (κ1) is 13.9. The van der Waals surface area contributed by atoms with Crippen molar-refractivity contribution in [2.45, 2.75) is 13.8 Å². The molecule has 0 aliphatic rings. The molecule has 3 aromatic rings. The summed E-state index contributed by atoms with van der Waals surface area (Å²) in [4.78, 5) is 8.54. The summed E-state index contributed by atoms with van der Waals surface area (Å²) in [5.74, 6) is 0.894. The van der Waals surface area contributed by atoms with Crippen molar-refractivity contribution in [3.05, 3.63) is 59.4 Å². The fourth-order valence-electron chi connectivity index (χ4n) is 2.21. The lowest BCUT2D eigenvalue weighted by atomic mass is 10.1. The molecule has 5 nitrogen and oxygen atoms in total. The number of aromatic nitrogens is 4. The van der Waals surface area contributed by atoms with Crippen molar-refractivity contribution < 1.29 is 4.39 Å². The Labute approximate surface area is 126 Å². The largest absolute Gasteiger partial charge is 0.238 e. The van der Waals surface area contributed by atoms with Crippen molar-refractivity contribution in [3.8, 4) is 23.1 Å². The Morgan fingerprint density at radius 1 is 1.14 bits per heavy atom. The molecule has 0 spiro atoms. The van der Waals surface area contributed by atoms with Crippen LogP contribution >= 0.6 is 0 Å². The van der Waals surface area contributed by atoms with Gasteiger partial charge in [0.2, 0.25) is 0 Å². The van der Waals surface area contributed by atoms with Crippen LogP contribution in [0.15, 0.2) is 36.5 Å². The number of hydrogen-bond acceptors (Lipinski definition) is 4. The maximum Gasteiger partial charge on any atom is 0.157 e. The Bertz CT molecular complexity index is 854. The van der Waals surface area contributed by atoms with E-state index in [2.05, 4.69) is 21.1 Å². The third-order valence-electron chi connectivity index (χ3n) is 3.14. The molecule has 0 saturated heterocycles. The van der Waals surface area contributed by atoms with Crippen molar-refractivity contribution in [1.82, 2.24) is 19.7 Å². The van der Waals surface area contributed by atoms with Crippen LogP contribution in [0, 0.1) is 31.0 Å². The maximum atomic E-state index is 13.0. The number of benzene rings is 1. The van der Waals surface area contributed by atoms with Crippen LogP contribution in [0.25, 0.3) is 17.1 Å². The summed E-state index contributed by atoms with van der Waals surface area (Å²) in [7, 11) is 0. The van der Waals surface area contributed by atoms with Crippen molar-refractivity contribution in [3.63, 3.8) is 0 Å². The summed E-state index contributed by atoms with van der Waals surface area (Å²) in [6.45, 7) is 3.67. The Balaban J connectivity index is 2.12. The van der Waals surface area contributed by atoms with E-state index in [4.69, 9.17) is 0 Å². The molecule has 3 rings (SSSR count). The Hall–Kier alpha value is -3.07. The Morgan fingerprint density at radius 3 is 2.50 bits per heavy atom. The lowest BCUT2D eigenvalue weighted by molar-refractivity contribution is 0.628. The van der Waals surface area contributed by atoms with Gasteiger partial charge in [-0.05, 0) is 38.1 Å². The molecule has 22 heavy (non-hydrogen) atoms. The Kier molecular flexibility index (Phi) is 3.39. The van der Waals surface area contributed by atoms with Crippen LogP contribution in [0.4, 0.5) is 4.39 Å². The molecule has 1 aromatic carbocycles. The van der Waals surface area contributed by atoms with Crippen LogP contribution in [0.5, 0.6) is 0 Å². The molecule has 0 fully saturated rings. The molecule has 0 radical (unpaired) electrons. The van der Waals surface area contributed by atoms with Gasteiger partial charge in [-0.25, -0.2) is 19.0 Å². The molecule has 108 valence electrons. The van der Waals surface area contributed by atoms with Crippen LogP contribution < -0.4 is 0 Å². The highest BCUT2D eigenvalue weighted by atomic mass is 19.1. The third kappa shape index (κ3) is 2.56. The van der Waals surface area contributed by atoms with E-state index >= 15 is 0 Å². The van der Waals surface area contributed by atoms with E-state index in [0.717, 1.165) is 5.69 Å². The van der Waals surface area contributed by atoms with E-state index in [1.165, 1.54) is 12.1 Å². The van der Waals surface area contributed by atoms with Gasteiger partial charge in [-0.1, -0.05) is 0 Å². The molecule has 0 aliphatic carbocycles. The minimum Gasteiger partial charge on any atom is -0.238 e. The molecule has 0 aliphatic heterocycles. The summed E-state index contributed by atoms with van der Waals surface area (Å²) < 4.78 is 14.6. The summed E-state index contributed by atoms with van der Waals surface area (Å²) in [5.41, 5.74) is 2.40. The van der Waals surface area contributed by atoms with Crippen molar-refractivity contribution >= 4 is 0 Å². The second-order valence-corrected chi connectivity index (χ2v) is 4.87. The number of nitrogens with zero attached hydrogens (tertiary/aromatic N) is 5. The van der Waals surface area contributed by atoms with E-state index in [0.29, 0.717) is 28.5 Å². The third-order valence-corrected chi connectivity index (χ3v) is 3.14. The first-order chi connectivity index (χ1) is 10.6. The topological polar surface area (TPSA) is 67.4 Å². The average Bonchev–Trinajstić information content (AvgIpc) is 2.91. The van der Waals surface area contributed by atoms with E-state index in [1.54, 1.807) is 36.0 Å². The maximum absolute atomic E-state index is 13.0. The summed E-state index contributed by atoms with van der Waals surface area (Å²) in [6.07, 6.45) is 1.61. The van der Waals surface area contributed by atoms with Gasteiger partial charge >= 0.3 is 0 Å². The van der Waals surface area contributed by atoms with Crippen LogP contribution in [-0.4, -0.2) is 19.7 Å². The minimum atomic E-state index is -0.330. The van der Waals surface area contributed by atoms with Gasteiger partial charge in [-0.2, -0.15) is 10.4 Å². The second-order valence-electron chi connectivity index (χ2n) is 4.87. The summed E-state index contributed by atoms with van der Waals surface area (Å²) in [5, 5.41) is 13.7. The van der Waals surface area contributed by atoms with Crippen LogP contribution in [0.3, 0.4) is 0 Å². The van der Waals surface area contributed by atoms with Gasteiger partial charge in [0, 0.05) is 17.3 Å². The summed E-state index contributed by atoms with van der Waals surface area (Å²) >= 11 is 0. The standard InChI is InChI=1S/C16H12FN5/c1-10-7-15(20-11(2)19-10)22-9-13(8-18)16(21-22)12-3-5-14(17)6-4-12/h3-7,9H,1-2H3. The van der Waals surface area contributed by atoms with Gasteiger partial charge in [0.25, 0.3) is 0 Å². The van der Waals surface area contributed by atoms with Gasteiger partial charge in [-0.3, -0.25) is 0 Å². The molecular formula is C16H12FN5. The lowest BCUT2D eigenvalue weighted by Gasteiger charge is -2.03. The van der Waals surface area contributed by atoms with Crippen LogP contribution in [0.2, 0.25) is 0 Å². The van der Waals surface area contributed by atoms with E-state index < -0.39 is 0 Å². The number of hydrogen-bond donors (Lipinski definition) is 0. The van der Waals surface area contributed by atoms with Gasteiger partial charge in [-0.15, -0.1) is 0 Å². The molecule has 0 unspecified atom stereocenters. The average molecular weight is 293 g/mol. The first-order valence-corrected chi connectivity index (χ1v) is 6.65. The lowest BCUT2D eigenvalue weighted by Crippen LogP contribution is -2.02. The van der Waals surface area contributed by atoms with Crippen molar-refractivity contribution in [1.29, 1.82) is 5.26 Å². The highest BCUT2D eigenvalue weighted by molar-refractivity contribution is 5.66. The van der Waals surface area contributed by atoms with Gasteiger partial charge in [0.05, 0.1) is 11.8 Å². The highest BCUT2D eigenvalue weighted by Gasteiger charge is 2.13. The zero-order valence-corrected chi connectivity index (χ0v) is 12.1. The molecular weight excluding hydrogens is 281 g/mol. The molecule has 2 heterocycles. The number of nitriles is 1. The SMILES string of the molecule is Cc1cc(-n2cc(C#N)c(-c3ccc(F)cc3)n2)nc(C)n1. The van der Waals surface area contributed by atoms with Crippen molar-refractivity contribution in [2.75, 3.05) is 0 Å². The Morgan fingerprint density at radius 2 is 1.86 bits per heavy atom. The fourth-order valence-corrected chi connectivity index (χ4v) is 2.21.